The number of ether oxygens (including phenoxy) is 2. The Labute approximate surface area is 208 Å². The van der Waals surface area contributed by atoms with E-state index in [1.165, 1.54) is 34.0 Å². The van der Waals surface area contributed by atoms with Crippen LogP contribution < -0.4 is 9.47 Å². The lowest BCUT2D eigenvalue weighted by atomic mass is 10.00. The summed E-state index contributed by atoms with van der Waals surface area (Å²) in [5.41, 5.74) is 1.43. The van der Waals surface area contributed by atoms with Crippen molar-refractivity contribution in [1.82, 2.24) is 9.80 Å². The van der Waals surface area contributed by atoms with E-state index in [0.29, 0.717) is 23.6 Å². The van der Waals surface area contributed by atoms with Crippen molar-refractivity contribution >= 4 is 23.2 Å². The Morgan fingerprint density at radius 2 is 1.89 bits per heavy atom. The van der Waals surface area contributed by atoms with E-state index in [0.717, 1.165) is 12.0 Å². The Morgan fingerprint density at radius 1 is 1.14 bits per heavy atom. The third kappa shape index (κ3) is 5.65. The van der Waals surface area contributed by atoms with Crippen molar-refractivity contribution in [3.05, 3.63) is 81.8 Å². The number of carbonyl (C=O) groups excluding carboxylic acids is 2. The number of carbonyl (C=O) groups is 2. The molecular weight excluding hydrogens is 467 g/mol. The summed E-state index contributed by atoms with van der Waals surface area (Å²) in [7, 11) is 1.60. The molecule has 2 aromatic carbocycles. The van der Waals surface area contributed by atoms with Crippen LogP contribution in [0.4, 0.5) is 4.39 Å². The van der Waals surface area contributed by atoms with Gasteiger partial charge in [-0.25, -0.2) is 4.39 Å². The summed E-state index contributed by atoms with van der Waals surface area (Å²) in [6.45, 7) is 4.50. The second kappa shape index (κ2) is 10.9. The summed E-state index contributed by atoms with van der Waals surface area (Å²) in [5.74, 6) is 0.500. The van der Waals surface area contributed by atoms with Crippen LogP contribution in [0.5, 0.6) is 11.5 Å². The van der Waals surface area contributed by atoms with Gasteiger partial charge in [0.05, 0.1) is 13.2 Å². The van der Waals surface area contributed by atoms with Gasteiger partial charge in [0.1, 0.15) is 30.5 Å². The van der Waals surface area contributed by atoms with Gasteiger partial charge in [-0.3, -0.25) is 9.59 Å². The smallest absolute Gasteiger partial charge is 0.254 e. The zero-order valence-corrected chi connectivity index (χ0v) is 20.9. The maximum absolute atomic E-state index is 13.6. The van der Waals surface area contributed by atoms with Gasteiger partial charge in [0, 0.05) is 29.1 Å². The third-order valence-corrected chi connectivity index (χ3v) is 7.14. The van der Waals surface area contributed by atoms with Crippen LogP contribution in [0, 0.1) is 5.82 Å². The van der Waals surface area contributed by atoms with Crippen LogP contribution in [0.1, 0.15) is 40.7 Å². The zero-order valence-electron chi connectivity index (χ0n) is 20.1. The number of methoxy groups -OCH3 is 1. The number of halogens is 1. The molecule has 35 heavy (non-hydrogen) atoms. The Kier molecular flexibility index (Phi) is 7.70. The molecule has 2 amide bonds. The van der Waals surface area contributed by atoms with Gasteiger partial charge in [-0.15, -0.1) is 11.3 Å². The Bertz CT molecular complexity index is 1180. The van der Waals surface area contributed by atoms with Crippen LogP contribution in [0.3, 0.4) is 0 Å². The Hall–Kier alpha value is -3.39. The van der Waals surface area contributed by atoms with E-state index in [-0.39, 0.29) is 37.0 Å². The van der Waals surface area contributed by atoms with E-state index in [1.54, 1.807) is 18.4 Å². The molecule has 0 N–H and O–H groups in total. The minimum Gasteiger partial charge on any atom is -0.497 e. The molecule has 1 aliphatic rings. The van der Waals surface area contributed by atoms with Crippen LogP contribution in [-0.2, 0) is 11.2 Å². The minimum atomic E-state index is -0.410. The van der Waals surface area contributed by atoms with Crippen molar-refractivity contribution in [2.24, 2.45) is 0 Å². The molecule has 1 atom stereocenters. The first-order valence-electron chi connectivity index (χ1n) is 11.6. The van der Waals surface area contributed by atoms with Crippen molar-refractivity contribution in [1.29, 1.82) is 0 Å². The first kappa shape index (κ1) is 24.7. The Morgan fingerprint density at radius 3 is 2.60 bits per heavy atom. The topological polar surface area (TPSA) is 59.1 Å². The molecule has 0 aliphatic carbocycles. The molecule has 6 nitrogen and oxygen atoms in total. The number of amides is 2. The number of hydrogen-bond acceptors (Lipinski definition) is 5. The number of hydrogen-bond donors (Lipinski definition) is 0. The summed E-state index contributed by atoms with van der Waals surface area (Å²) in [5, 5.41) is 2.04. The molecule has 0 fully saturated rings. The molecule has 184 valence electrons. The van der Waals surface area contributed by atoms with Gasteiger partial charge in [0.2, 0.25) is 5.91 Å². The highest BCUT2D eigenvalue weighted by Crippen LogP contribution is 2.34. The average molecular weight is 497 g/mol. The molecule has 0 saturated heterocycles. The van der Waals surface area contributed by atoms with Gasteiger partial charge in [-0.05, 0) is 73.7 Å². The van der Waals surface area contributed by atoms with E-state index >= 15 is 0 Å². The second-order valence-electron chi connectivity index (χ2n) is 8.68. The SMILES string of the molecule is COc1cccc(OC[C@@H]2c3ccsc3CCN2C(=O)CN(C(=O)c2ccc(F)cc2)C(C)C)c1. The third-order valence-electron chi connectivity index (χ3n) is 6.15. The fraction of sp³-hybridized carbons (Fsp3) is 0.333. The monoisotopic (exact) mass is 496 g/mol. The molecule has 0 radical (unpaired) electrons. The van der Waals surface area contributed by atoms with Gasteiger partial charge >= 0.3 is 0 Å². The van der Waals surface area contributed by atoms with E-state index in [4.69, 9.17) is 9.47 Å². The number of benzene rings is 2. The largest absolute Gasteiger partial charge is 0.497 e. The maximum atomic E-state index is 13.6. The van der Waals surface area contributed by atoms with Crippen molar-refractivity contribution in [2.45, 2.75) is 32.4 Å². The molecule has 3 aromatic rings. The van der Waals surface area contributed by atoms with Crippen molar-refractivity contribution in [3.8, 4) is 11.5 Å². The number of fused-ring (bicyclic) bond motifs is 1. The van der Waals surface area contributed by atoms with Crippen molar-refractivity contribution in [3.63, 3.8) is 0 Å². The molecule has 0 bridgehead atoms. The first-order chi connectivity index (χ1) is 16.9. The zero-order chi connectivity index (χ0) is 24.9. The fourth-order valence-corrected chi connectivity index (χ4v) is 5.15. The lowest BCUT2D eigenvalue weighted by Crippen LogP contribution is -2.49. The van der Waals surface area contributed by atoms with Crippen molar-refractivity contribution < 1.29 is 23.5 Å². The molecule has 2 heterocycles. The molecule has 0 spiro atoms. The van der Waals surface area contributed by atoms with E-state index in [2.05, 4.69) is 0 Å². The van der Waals surface area contributed by atoms with Crippen LogP contribution in [-0.4, -0.2) is 54.5 Å². The molecule has 0 saturated carbocycles. The van der Waals surface area contributed by atoms with E-state index in [9.17, 15) is 14.0 Å². The second-order valence-corrected chi connectivity index (χ2v) is 9.68. The molecule has 0 unspecified atom stereocenters. The normalized spacial score (nSPS) is 15.0. The standard InChI is InChI=1S/C27H29FN2O4S/c1-18(2)30(27(32)19-7-9-20(28)10-8-19)16-26(31)29-13-11-25-23(12-14-35-25)24(29)17-34-22-6-4-5-21(15-22)33-3/h4-10,12,14-15,18,24H,11,13,16-17H2,1-3H3/t24-/m1/s1. The van der Waals surface area contributed by atoms with Gasteiger partial charge in [-0.1, -0.05) is 6.07 Å². The summed E-state index contributed by atoms with van der Waals surface area (Å²) in [4.78, 5) is 31.3. The highest BCUT2D eigenvalue weighted by atomic mass is 32.1. The summed E-state index contributed by atoms with van der Waals surface area (Å²) < 4.78 is 24.7. The van der Waals surface area contributed by atoms with E-state index in [1.807, 2.05) is 54.5 Å². The van der Waals surface area contributed by atoms with Gasteiger partial charge < -0.3 is 19.3 Å². The predicted octanol–water partition coefficient (Wildman–Crippen LogP) is 4.95. The molecular formula is C27H29FN2O4S. The lowest BCUT2D eigenvalue weighted by Gasteiger charge is -2.37. The van der Waals surface area contributed by atoms with E-state index < -0.39 is 5.82 Å². The molecule has 1 aliphatic heterocycles. The number of rotatable bonds is 8. The fourth-order valence-electron chi connectivity index (χ4n) is 4.22. The van der Waals surface area contributed by atoms with Crippen LogP contribution in [0.2, 0.25) is 0 Å². The highest BCUT2D eigenvalue weighted by molar-refractivity contribution is 7.10. The summed E-state index contributed by atoms with van der Waals surface area (Å²) >= 11 is 1.68. The first-order valence-corrected chi connectivity index (χ1v) is 12.4. The van der Waals surface area contributed by atoms with Crippen LogP contribution >= 0.6 is 11.3 Å². The minimum absolute atomic E-state index is 0.0665. The molecule has 4 rings (SSSR count). The maximum Gasteiger partial charge on any atom is 0.254 e. The van der Waals surface area contributed by atoms with Gasteiger partial charge in [0.25, 0.3) is 5.91 Å². The molecule has 8 heteroatoms. The average Bonchev–Trinajstić information content (AvgIpc) is 3.35. The van der Waals surface area contributed by atoms with Crippen molar-refractivity contribution in [2.75, 3.05) is 26.8 Å². The summed E-state index contributed by atoms with van der Waals surface area (Å²) in [6, 6.07) is 14.3. The predicted molar refractivity (Wildman–Crippen MR) is 134 cm³/mol. The number of thiophene rings is 1. The van der Waals surface area contributed by atoms with Crippen LogP contribution in [0.25, 0.3) is 0 Å². The lowest BCUT2D eigenvalue weighted by molar-refractivity contribution is -0.136. The highest BCUT2D eigenvalue weighted by Gasteiger charge is 2.34. The number of nitrogens with zero attached hydrogens (tertiary/aromatic N) is 2. The quantitative estimate of drug-likeness (QED) is 0.443. The molecule has 1 aromatic heterocycles. The van der Waals surface area contributed by atoms with Crippen LogP contribution in [0.15, 0.2) is 60.0 Å². The Balaban J connectivity index is 1.52. The summed E-state index contributed by atoms with van der Waals surface area (Å²) in [6.07, 6.45) is 0.766. The van der Waals surface area contributed by atoms with Gasteiger partial charge in [-0.2, -0.15) is 0 Å². The van der Waals surface area contributed by atoms with Gasteiger partial charge in [0.15, 0.2) is 0 Å².